The zero-order valence-electron chi connectivity index (χ0n) is 6.66. The zero-order valence-corrected chi connectivity index (χ0v) is 6.66. The number of hydrogen-bond acceptors (Lipinski definition) is 2. The molecule has 1 rings (SSSR count). The summed E-state index contributed by atoms with van der Waals surface area (Å²) in [5.74, 6) is 1.07. The first kappa shape index (κ1) is 8.08. The van der Waals surface area contributed by atoms with E-state index < -0.39 is 0 Å². The Labute approximate surface area is 66.7 Å². The summed E-state index contributed by atoms with van der Waals surface area (Å²) in [4.78, 5) is 0. The lowest BCUT2D eigenvalue weighted by molar-refractivity contribution is 0.423. The van der Waals surface area contributed by atoms with Gasteiger partial charge in [0.05, 0.1) is 12.3 Å². The van der Waals surface area contributed by atoms with Crippen LogP contribution in [0.5, 0.6) is 0 Å². The Morgan fingerprint density at radius 3 is 2.91 bits per heavy atom. The van der Waals surface area contributed by atoms with Crippen molar-refractivity contribution in [1.29, 1.82) is 0 Å². The van der Waals surface area contributed by atoms with Gasteiger partial charge in [0, 0.05) is 0 Å². The van der Waals surface area contributed by atoms with Crippen molar-refractivity contribution in [2.45, 2.75) is 13.0 Å². The second kappa shape index (κ2) is 3.39. The van der Waals surface area contributed by atoms with E-state index >= 15 is 0 Å². The second-order valence-corrected chi connectivity index (χ2v) is 2.64. The molecule has 1 aromatic rings. The summed E-state index contributed by atoms with van der Waals surface area (Å²) in [6, 6.07) is 3.65. The summed E-state index contributed by atoms with van der Waals surface area (Å²) in [7, 11) is 0. The predicted molar refractivity (Wildman–Crippen MR) is 45.0 cm³/mol. The fourth-order valence-electron chi connectivity index (χ4n) is 0.887. The number of hydrogen-bond donors (Lipinski definition) is 1. The molecule has 1 heterocycles. The van der Waals surface area contributed by atoms with Crippen LogP contribution >= 0.6 is 0 Å². The summed E-state index contributed by atoms with van der Waals surface area (Å²) in [5, 5.41) is 0. The van der Waals surface area contributed by atoms with Crippen molar-refractivity contribution in [3.8, 4) is 0 Å². The Balaban J connectivity index is 2.69. The van der Waals surface area contributed by atoms with E-state index in [1.165, 1.54) is 0 Å². The molecule has 2 unspecified atom stereocenters. The minimum atomic E-state index is -0.0671. The highest BCUT2D eigenvalue weighted by Crippen LogP contribution is 2.19. The van der Waals surface area contributed by atoms with Gasteiger partial charge in [0.1, 0.15) is 5.76 Å². The molecular weight excluding hydrogens is 138 g/mol. The first-order chi connectivity index (χ1) is 5.25. The van der Waals surface area contributed by atoms with Gasteiger partial charge in [-0.15, -0.1) is 6.58 Å². The summed E-state index contributed by atoms with van der Waals surface area (Å²) in [5.41, 5.74) is 5.83. The molecule has 0 aliphatic rings. The Morgan fingerprint density at radius 2 is 2.45 bits per heavy atom. The van der Waals surface area contributed by atoms with Gasteiger partial charge in [-0.3, -0.25) is 0 Å². The van der Waals surface area contributed by atoms with Gasteiger partial charge in [0.25, 0.3) is 0 Å². The minimum absolute atomic E-state index is 0.0671. The molecule has 0 spiro atoms. The van der Waals surface area contributed by atoms with Crippen molar-refractivity contribution in [2.24, 2.45) is 11.7 Å². The summed E-state index contributed by atoms with van der Waals surface area (Å²) >= 11 is 0. The van der Waals surface area contributed by atoms with Gasteiger partial charge in [-0.25, -0.2) is 0 Å². The van der Waals surface area contributed by atoms with Crippen molar-refractivity contribution in [3.63, 3.8) is 0 Å². The molecule has 0 radical (unpaired) electrons. The number of rotatable bonds is 3. The van der Waals surface area contributed by atoms with Gasteiger partial charge in [0.2, 0.25) is 0 Å². The molecule has 0 aromatic carbocycles. The molecule has 60 valence electrons. The van der Waals surface area contributed by atoms with Crippen LogP contribution in [-0.2, 0) is 0 Å². The maximum atomic E-state index is 5.83. The Kier molecular flexibility index (Phi) is 2.49. The van der Waals surface area contributed by atoms with Crippen LogP contribution in [0.25, 0.3) is 0 Å². The summed E-state index contributed by atoms with van der Waals surface area (Å²) in [6.07, 6.45) is 3.46. The molecule has 0 fully saturated rings. The zero-order chi connectivity index (χ0) is 8.27. The maximum Gasteiger partial charge on any atom is 0.121 e. The largest absolute Gasteiger partial charge is 0.468 e. The van der Waals surface area contributed by atoms with Crippen molar-refractivity contribution in [2.75, 3.05) is 0 Å². The average Bonchev–Trinajstić information content (AvgIpc) is 2.53. The summed E-state index contributed by atoms with van der Waals surface area (Å²) < 4.78 is 5.15. The van der Waals surface area contributed by atoms with Crippen LogP contribution < -0.4 is 5.73 Å². The SMILES string of the molecule is C=CC(C)C(N)c1ccco1. The van der Waals surface area contributed by atoms with Gasteiger partial charge < -0.3 is 10.2 Å². The van der Waals surface area contributed by atoms with E-state index in [0.29, 0.717) is 0 Å². The van der Waals surface area contributed by atoms with Gasteiger partial charge in [-0.2, -0.15) is 0 Å². The molecule has 0 saturated heterocycles. The lowest BCUT2D eigenvalue weighted by Gasteiger charge is -2.12. The first-order valence-corrected chi connectivity index (χ1v) is 3.67. The van der Waals surface area contributed by atoms with Gasteiger partial charge >= 0.3 is 0 Å². The lowest BCUT2D eigenvalue weighted by atomic mass is 10.0. The van der Waals surface area contributed by atoms with Crippen LogP contribution in [0.15, 0.2) is 35.5 Å². The van der Waals surface area contributed by atoms with Crippen molar-refractivity contribution >= 4 is 0 Å². The van der Waals surface area contributed by atoms with E-state index in [9.17, 15) is 0 Å². The molecule has 0 saturated carbocycles. The van der Waals surface area contributed by atoms with Crippen LogP contribution in [0.2, 0.25) is 0 Å². The van der Waals surface area contributed by atoms with E-state index in [2.05, 4.69) is 6.58 Å². The van der Waals surface area contributed by atoms with Crippen LogP contribution in [0.3, 0.4) is 0 Å². The van der Waals surface area contributed by atoms with Crippen molar-refractivity contribution < 1.29 is 4.42 Å². The predicted octanol–water partition coefficient (Wildman–Crippen LogP) is 2.10. The van der Waals surface area contributed by atoms with E-state index in [0.717, 1.165) is 5.76 Å². The Bertz CT molecular complexity index is 215. The third kappa shape index (κ3) is 1.71. The molecule has 1 aromatic heterocycles. The summed E-state index contributed by atoms with van der Waals surface area (Å²) in [6.45, 7) is 5.68. The molecule has 11 heavy (non-hydrogen) atoms. The highest BCUT2D eigenvalue weighted by molar-refractivity contribution is 5.06. The third-order valence-electron chi connectivity index (χ3n) is 1.81. The van der Waals surface area contributed by atoms with Crippen LogP contribution in [0, 0.1) is 5.92 Å². The van der Waals surface area contributed by atoms with Crippen LogP contribution in [0.1, 0.15) is 18.7 Å². The van der Waals surface area contributed by atoms with Gasteiger partial charge in [-0.1, -0.05) is 13.0 Å². The van der Waals surface area contributed by atoms with Gasteiger partial charge in [0.15, 0.2) is 0 Å². The number of nitrogens with two attached hydrogens (primary N) is 1. The lowest BCUT2D eigenvalue weighted by Crippen LogP contribution is -2.16. The normalized spacial score (nSPS) is 15.8. The monoisotopic (exact) mass is 151 g/mol. The average molecular weight is 151 g/mol. The molecule has 0 bridgehead atoms. The number of furan rings is 1. The third-order valence-corrected chi connectivity index (χ3v) is 1.81. The highest BCUT2D eigenvalue weighted by Gasteiger charge is 2.13. The second-order valence-electron chi connectivity index (χ2n) is 2.64. The molecule has 0 aliphatic carbocycles. The van der Waals surface area contributed by atoms with Crippen molar-refractivity contribution in [1.82, 2.24) is 0 Å². The minimum Gasteiger partial charge on any atom is -0.468 e. The van der Waals surface area contributed by atoms with Crippen LogP contribution in [-0.4, -0.2) is 0 Å². The quantitative estimate of drug-likeness (QED) is 0.672. The van der Waals surface area contributed by atoms with Gasteiger partial charge in [-0.05, 0) is 18.1 Å². The molecule has 2 heteroatoms. The molecule has 2 atom stereocenters. The first-order valence-electron chi connectivity index (χ1n) is 3.67. The van der Waals surface area contributed by atoms with Crippen LogP contribution in [0.4, 0.5) is 0 Å². The topological polar surface area (TPSA) is 39.2 Å². The molecule has 0 amide bonds. The van der Waals surface area contributed by atoms with E-state index in [-0.39, 0.29) is 12.0 Å². The maximum absolute atomic E-state index is 5.83. The van der Waals surface area contributed by atoms with Crippen molar-refractivity contribution in [3.05, 3.63) is 36.8 Å². The van der Waals surface area contributed by atoms with E-state index in [1.54, 1.807) is 6.26 Å². The molecular formula is C9H13NO. The Morgan fingerprint density at radius 1 is 1.73 bits per heavy atom. The molecule has 0 aliphatic heterocycles. The smallest absolute Gasteiger partial charge is 0.121 e. The molecule has 2 N–H and O–H groups in total. The molecule has 2 nitrogen and oxygen atoms in total. The fraction of sp³-hybridized carbons (Fsp3) is 0.333. The highest BCUT2D eigenvalue weighted by atomic mass is 16.3. The van der Waals surface area contributed by atoms with E-state index in [1.807, 2.05) is 25.1 Å². The Hall–Kier alpha value is -1.02. The van der Waals surface area contributed by atoms with E-state index in [4.69, 9.17) is 10.2 Å². The standard InChI is InChI=1S/C9H13NO/c1-3-7(2)9(10)8-5-4-6-11-8/h3-7,9H,1,10H2,2H3. The fourth-order valence-corrected chi connectivity index (χ4v) is 0.887.